The third-order valence-electron chi connectivity index (χ3n) is 6.45. The van der Waals surface area contributed by atoms with Gasteiger partial charge in [-0.3, -0.25) is 9.78 Å². The van der Waals surface area contributed by atoms with Crippen LogP contribution in [0.15, 0.2) is 30.5 Å². The van der Waals surface area contributed by atoms with Gasteiger partial charge in [0.25, 0.3) is 12.3 Å². The van der Waals surface area contributed by atoms with E-state index < -0.39 is 71.9 Å². The number of halogens is 6. The molecule has 1 amide bonds. The summed E-state index contributed by atoms with van der Waals surface area (Å²) in [6.07, 6.45) is -10.3. The van der Waals surface area contributed by atoms with E-state index >= 15 is 0 Å². The van der Waals surface area contributed by atoms with E-state index in [1.807, 2.05) is 0 Å². The number of pyridine rings is 1. The zero-order chi connectivity index (χ0) is 27.0. The first-order valence-corrected chi connectivity index (χ1v) is 10.7. The molecule has 5 atom stereocenters. The molecule has 2 aromatic rings. The van der Waals surface area contributed by atoms with Crippen LogP contribution in [0.25, 0.3) is 0 Å². The molecular formula is C23H24F6N2O5. The number of carbonyl (C=O) groups is 1. The number of ether oxygens (including phenoxy) is 2. The lowest BCUT2D eigenvalue weighted by Gasteiger charge is -2.32. The minimum absolute atomic E-state index is 0.0313. The Bertz CT molecular complexity index is 1100. The number of hydrogen-bond acceptors (Lipinski definition) is 6. The second kappa shape index (κ2) is 10.2. The van der Waals surface area contributed by atoms with Gasteiger partial charge in [0, 0.05) is 17.4 Å². The Morgan fingerprint density at radius 3 is 2.44 bits per heavy atom. The van der Waals surface area contributed by atoms with Gasteiger partial charge in [0.2, 0.25) is 0 Å². The largest absolute Gasteiger partial charge is 0.496 e. The van der Waals surface area contributed by atoms with E-state index in [1.54, 1.807) is 0 Å². The second-order valence-corrected chi connectivity index (χ2v) is 8.50. The van der Waals surface area contributed by atoms with Gasteiger partial charge in [-0.05, 0) is 25.1 Å². The van der Waals surface area contributed by atoms with Gasteiger partial charge in [-0.2, -0.15) is 13.2 Å². The molecule has 1 aliphatic rings. The maximum Gasteiger partial charge on any atom is 0.417 e. The first-order chi connectivity index (χ1) is 16.8. The van der Waals surface area contributed by atoms with E-state index in [9.17, 15) is 36.2 Å². The highest BCUT2D eigenvalue weighted by atomic mass is 19.4. The fraction of sp³-hybridized carbons (Fsp3) is 0.478. The molecule has 198 valence electrons. The number of nitrogens with one attached hydrogen (secondary N) is 1. The molecule has 36 heavy (non-hydrogen) atoms. The number of methoxy groups -OCH3 is 1. The Kier molecular flexibility index (Phi) is 7.86. The van der Waals surface area contributed by atoms with Gasteiger partial charge >= 0.3 is 6.18 Å². The third-order valence-corrected chi connectivity index (χ3v) is 6.45. The summed E-state index contributed by atoms with van der Waals surface area (Å²) in [5, 5.41) is 21.0. The van der Waals surface area contributed by atoms with Crippen molar-refractivity contribution in [2.24, 2.45) is 5.92 Å². The Balaban J connectivity index is 2.06. The summed E-state index contributed by atoms with van der Waals surface area (Å²) in [5.41, 5.74) is -4.11. The Labute approximate surface area is 202 Å². The molecule has 1 aromatic heterocycles. The molecule has 0 bridgehead atoms. The van der Waals surface area contributed by atoms with Gasteiger partial charge in [-0.15, -0.1) is 0 Å². The summed E-state index contributed by atoms with van der Waals surface area (Å²) in [6.45, 7) is 1.29. The zero-order valence-electron chi connectivity index (χ0n) is 19.3. The van der Waals surface area contributed by atoms with Crippen molar-refractivity contribution in [3.8, 4) is 5.75 Å². The Morgan fingerprint density at radius 2 is 1.94 bits per heavy atom. The van der Waals surface area contributed by atoms with E-state index in [0.29, 0.717) is 6.07 Å². The van der Waals surface area contributed by atoms with E-state index in [4.69, 9.17) is 14.6 Å². The van der Waals surface area contributed by atoms with Crippen molar-refractivity contribution in [3.63, 3.8) is 0 Å². The fourth-order valence-electron chi connectivity index (χ4n) is 4.29. The molecule has 5 unspecified atom stereocenters. The fourth-order valence-corrected chi connectivity index (χ4v) is 4.29. The number of aliphatic hydroxyl groups is 2. The molecule has 0 saturated carbocycles. The number of nitrogens with zero attached hydrogens (tertiary/aromatic N) is 1. The van der Waals surface area contributed by atoms with Gasteiger partial charge in [0.15, 0.2) is 5.60 Å². The van der Waals surface area contributed by atoms with E-state index in [0.717, 1.165) is 33.2 Å². The number of carbonyl (C=O) groups excluding carboxylic acids is 1. The highest BCUT2D eigenvalue weighted by Crippen LogP contribution is 2.55. The van der Waals surface area contributed by atoms with Crippen LogP contribution in [0.3, 0.4) is 0 Å². The summed E-state index contributed by atoms with van der Waals surface area (Å²) >= 11 is 0. The quantitative estimate of drug-likeness (QED) is 0.470. The van der Waals surface area contributed by atoms with Crippen molar-refractivity contribution in [2.75, 3.05) is 19.0 Å². The molecule has 7 nitrogen and oxygen atoms in total. The van der Waals surface area contributed by atoms with Crippen molar-refractivity contribution in [1.82, 2.24) is 4.98 Å². The monoisotopic (exact) mass is 522 g/mol. The number of alkyl halides is 5. The molecule has 0 radical (unpaired) electrons. The lowest BCUT2D eigenvalue weighted by atomic mass is 9.76. The maximum absolute atomic E-state index is 14.2. The Morgan fingerprint density at radius 1 is 1.28 bits per heavy atom. The first kappa shape index (κ1) is 27.7. The molecule has 2 heterocycles. The SMILES string of the molecule is COc1c(C2C(C(=O)Nc3ccc(C(O)CO)nc3)OC(C)(C(F)(F)F)C2C)ccc(F)c1C(F)F. The summed E-state index contributed by atoms with van der Waals surface area (Å²) < 4.78 is 93.7. The lowest BCUT2D eigenvalue weighted by molar-refractivity contribution is -0.272. The number of rotatable bonds is 7. The van der Waals surface area contributed by atoms with Gasteiger partial charge < -0.3 is 25.0 Å². The summed E-state index contributed by atoms with van der Waals surface area (Å²) in [4.78, 5) is 17.0. The van der Waals surface area contributed by atoms with Crippen LogP contribution in [0.1, 0.15) is 49.1 Å². The van der Waals surface area contributed by atoms with Crippen LogP contribution >= 0.6 is 0 Å². The Hall–Kier alpha value is -2.90. The highest BCUT2D eigenvalue weighted by Gasteiger charge is 2.66. The number of benzene rings is 1. The summed E-state index contributed by atoms with van der Waals surface area (Å²) in [7, 11) is 0.969. The van der Waals surface area contributed by atoms with Gasteiger partial charge in [-0.25, -0.2) is 13.2 Å². The van der Waals surface area contributed by atoms with Crippen LogP contribution in [0.4, 0.5) is 32.0 Å². The molecule has 1 saturated heterocycles. The van der Waals surface area contributed by atoms with Crippen LogP contribution in [0.2, 0.25) is 0 Å². The molecule has 1 fully saturated rings. The van der Waals surface area contributed by atoms with Crippen LogP contribution in [0.5, 0.6) is 5.75 Å². The summed E-state index contributed by atoms with van der Waals surface area (Å²) in [6, 6.07) is 4.26. The first-order valence-electron chi connectivity index (χ1n) is 10.7. The van der Waals surface area contributed by atoms with Gasteiger partial charge in [0.1, 0.15) is 23.8 Å². The normalized spacial score (nSPS) is 25.2. The van der Waals surface area contributed by atoms with Crippen molar-refractivity contribution in [1.29, 1.82) is 0 Å². The van der Waals surface area contributed by atoms with Crippen LogP contribution < -0.4 is 10.1 Å². The summed E-state index contributed by atoms with van der Waals surface area (Å²) in [5.74, 6) is -5.94. The van der Waals surface area contributed by atoms with E-state index in [2.05, 4.69) is 10.3 Å². The molecule has 1 aromatic carbocycles. The smallest absolute Gasteiger partial charge is 0.417 e. The number of aromatic nitrogens is 1. The van der Waals surface area contributed by atoms with Crippen molar-refractivity contribution in [3.05, 3.63) is 53.1 Å². The predicted octanol–water partition coefficient (Wildman–Crippen LogP) is 4.27. The average Bonchev–Trinajstić information content (AvgIpc) is 3.10. The van der Waals surface area contributed by atoms with Gasteiger partial charge in [-0.1, -0.05) is 13.0 Å². The third kappa shape index (κ3) is 4.87. The minimum atomic E-state index is -4.94. The van der Waals surface area contributed by atoms with Crippen LogP contribution in [-0.2, 0) is 9.53 Å². The molecule has 13 heteroatoms. The topological polar surface area (TPSA) is 101 Å². The van der Waals surface area contributed by atoms with E-state index in [1.165, 1.54) is 12.1 Å². The highest BCUT2D eigenvalue weighted by molar-refractivity contribution is 5.95. The zero-order valence-corrected chi connectivity index (χ0v) is 19.3. The standard InChI is InChI=1S/C23H24F6N2O5/c1-10-16(12-5-6-13(24)17(20(25)26)18(12)35-3)19(36-22(10,2)23(27,28)29)21(34)31-11-4-7-14(30-8-11)15(33)9-32/h4-8,10,15-16,19-20,32-33H,9H2,1-3H3,(H,31,34). The van der Waals surface area contributed by atoms with Crippen molar-refractivity contribution in [2.45, 2.75) is 50.2 Å². The van der Waals surface area contributed by atoms with Crippen molar-refractivity contribution >= 4 is 11.6 Å². The second-order valence-electron chi connectivity index (χ2n) is 8.50. The lowest BCUT2D eigenvalue weighted by Crippen LogP contribution is -2.47. The molecule has 3 N–H and O–H groups in total. The van der Waals surface area contributed by atoms with Gasteiger partial charge in [0.05, 0.1) is 36.9 Å². The number of hydrogen-bond donors (Lipinski definition) is 3. The van der Waals surface area contributed by atoms with Crippen LogP contribution in [0, 0.1) is 11.7 Å². The molecule has 0 spiro atoms. The number of amides is 1. The molecule has 1 aliphatic heterocycles. The van der Waals surface area contributed by atoms with Crippen LogP contribution in [-0.4, -0.2) is 52.7 Å². The minimum Gasteiger partial charge on any atom is -0.496 e. The molecule has 0 aliphatic carbocycles. The van der Waals surface area contributed by atoms with Crippen molar-refractivity contribution < 1.29 is 50.8 Å². The molecular weight excluding hydrogens is 498 g/mol. The number of anilines is 1. The average molecular weight is 522 g/mol. The number of aliphatic hydroxyl groups excluding tert-OH is 2. The maximum atomic E-state index is 14.2. The molecule has 3 rings (SSSR count). The predicted molar refractivity (Wildman–Crippen MR) is 114 cm³/mol. The van der Waals surface area contributed by atoms with E-state index in [-0.39, 0.29) is 16.9 Å².